The summed E-state index contributed by atoms with van der Waals surface area (Å²) < 4.78 is 58.9. The van der Waals surface area contributed by atoms with Gasteiger partial charge in [-0.05, 0) is 0 Å². The molecule has 18 heavy (non-hydrogen) atoms. The normalized spacial score (nSPS) is 17.1. The summed E-state index contributed by atoms with van der Waals surface area (Å²) in [5.74, 6) is 0. The van der Waals surface area contributed by atoms with Crippen molar-refractivity contribution in [1.29, 1.82) is 0 Å². The van der Waals surface area contributed by atoms with Crippen LogP contribution in [0.15, 0.2) is 0 Å². The molecule has 0 fully saturated rings. The van der Waals surface area contributed by atoms with Crippen molar-refractivity contribution >= 4 is 16.3 Å². The highest BCUT2D eigenvalue weighted by atomic mass is 32.2. The van der Waals surface area contributed by atoms with Crippen LogP contribution in [0.1, 0.15) is 0 Å². The van der Waals surface area contributed by atoms with Gasteiger partial charge in [-0.1, -0.05) is 0 Å². The van der Waals surface area contributed by atoms with E-state index in [0.29, 0.717) is 0 Å². The lowest BCUT2D eigenvalue weighted by Gasteiger charge is -2.09. The molecular weight excluding hydrogens is 291 g/mol. The van der Waals surface area contributed by atoms with E-state index in [9.17, 15) is 33.4 Å². The molecule has 0 aromatic carbocycles. The third kappa shape index (κ3) is 3.33. The zero-order valence-electron chi connectivity index (χ0n) is 8.08. The number of alkyl halides is 3. The summed E-state index contributed by atoms with van der Waals surface area (Å²) in [6.07, 6.45) is 0.868. The first-order valence-corrected chi connectivity index (χ1v) is 5.14. The maximum Gasteiger partial charge on any atom is 0.588 e. The van der Waals surface area contributed by atoms with Crippen LogP contribution in [0.2, 0.25) is 0 Å². The summed E-state index contributed by atoms with van der Waals surface area (Å²) in [4.78, 5) is 20.6. The summed E-state index contributed by atoms with van der Waals surface area (Å²) >= 11 is 0. The van der Waals surface area contributed by atoms with Gasteiger partial charge in [0.1, 0.15) is 9.85 Å². The van der Waals surface area contributed by atoms with Crippen molar-refractivity contribution in [3.8, 4) is 0 Å². The largest absolute Gasteiger partial charge is 0.741 e. The Labute approximate surface area is 96.2 Å². The van der Waals surface area contributed by atoms with E-state index in [4.69, 9.17) is 13.0 Å². The second-order valence-electron chi connectivity index (χ2n) is 2.82. The molecule has 1 heterocycles. The van der Waals surface area contributed by atoms with Crippen LogP contribution in [0.25, 0.3) is 0 Å². The van der Waals surface area contributed by atoms with E-state index >= 15 is 0 Å². The van der Waals surface area contributed by atoms with Crippen molar-refractivity contribution in [1.82, 2.24) is 0 Å². The van der Waals surface area contributed by atoms with Gasteiger partial charge in [0.25, 0.3) is 6.54 Å². The average Bonchev–Trinajstić information content (AvgIpc) is 1.95. The molecule has 1 aliphatic rings. The van der Waals surface area contributed by atoms with E-state index in [2.05, 4.69) is 4.99 Å². The molecule has 0 saturated carbocycles. The Hall–Kier alpha value is -1.83. The van der Waals surface area contributed by atoms with Crippen LogP contribution >= 0.6 is 0 Å². The molecular formula is C4H4F3N3O7S. The molecule has 0 spiro atoms. The molecule has 14 heteroatoms. The average molecular weight is 295 g/mol. The number of hydrogen-bond donors (Lipinski definition) is 1. The summed E-state index contributed by atoms with van der Waals surface area (Å²) in [6, 6.07) is 0. The molecule has 1 rings (SSSR count). The molecule has 0 atom stereocenters. The topological polar surface area (TPSA) is 157 Å². The van der Waals surface area contributed by atoms with E-state index in [1.54, 1.807) is 0 Å². The van der Waals surface area contributed by atoms with Gasteiger partial charge in [-0.25, -0.2) is 13.4 Å². The molecule has 0 bridgehead atoms. The van der Waals surface area contributed by atoms with Crippen LogP contribution in [0, 0.1) is 20.2 Å². The zero-order valence-corrected chi connectivity index (χ0v) is 8.90. The highest BCUT2D eigenvalue weighted by Gasteiger charge is 2.66. The summed E-state index contributed by atoms with van der Waals surface area (Å²) in [6.45, 7) is -0.229. The van der Waals surface area contributed by atoms with Crippen LogP contribution in [-0.2, 0) is 10.1 Å². The van der Waals surface area contributed by atoms with E-state index in [-0.39, 0.29) is 6.54 Å². The minimum atomic E-state index is -6.09. The van der Waals surface area contributed by atoms with Crippen LogP contribution in [0.4, 0.5) is 13.2 Å². The standard InChI is InChI=1S/C3H3N3O4.CHF3O3S/c7-5(8)3(6(9)10)1-4-2-3;2-1(3,4)8(5,6)7/h1H,2H2;(H,5,6,7). The molecule has 0 aromatic heterocycles. The minimum absolute atomic E-state index is 0.229. The second-order valence-corrected chi connectivity index (χ2v) is 4.19. The second kappa shape index (κ2) is 4.81. The maximum absolute atomic E-state index is 10.7. The van der Waals surface area contributed by atoms with Gasteiger partial charge in [0, 0.05) is 0 Å². The molecule has 0 aromatic rings. The van der Waals surface area contributed by atoms with E-state index in [1.165, 1.54) is 0 Å². The number of hydrogen-bond acceptors (Lipinski definition) is 7. The Morgan fingerprint density at radius 2 is 1.50 bits per heavy atom. The fourth-order valence-electron chi connectivity index (χ4n) is 0.586. The Morgan fingerprint density at radius 3 is 1.50 bits per heavy atom. The van der Waals surface area contributed by atoms with Crippen LogP contribution in [0.3, 0.4) is 0 Å². The van der Waals surface area contributed by atoms with Crippen LogP contribution in [-0.4, -0.2) is 46.7 Å². The van der Waals surface area contributed by atoms with Crippen molar-refractivity contribution in [2.24, 2.45) is 0 Å². The summed E-state index contributed by atoms with van der Waals surface area (Å²) in [5, 5.41) is 20.1. The minimum Gasteiger partial charge on any atom is -0.741 e. The SMILES string of the molecule is O=S(=O)([O-])C(F)(F)F.O=[N+]([O-])C1([N+](=O)[O-])C=[NH+]C1. The highest BCUT2D eigenvalue weighted by Crippen LogP contribution is 2.20. The van der Waals surface area contributed by atoms with E-state index < -0.39 is 31.1 Å². The molecule has 0 unspecified atom stereocenters. The van der Waals surface area contributed by atoms with Crippen molar-refractivity contribution < 1.29 is 41.0 Å². The van der Waals surface area contributed by atoms with Crippen LogP contribution in [0.5, 0.6) is 0 Å². The fourth-order valence-corrected chi connectivity index (χ4v) is 0.586. The van der Waals surface area contributed by atoms with Crippen molar-refractivity contribution in [3.05, 3.63) is 20.2 Å². The molecule has 1 N–H and O–H groups in total. The lowest BCUT2D eigenvalue weighted by Crippen LogP contribution is -2.91. The summed E-state index contributed by atoms with van der Waals surface area (Å²) in [5.41, 5.74) is -7.72. The molecule has 0 aliphatic carbocycles. The van der Waals surface area contributed by atoms with Gasteiger partial charge in [0.2, 0.25) is 0 Å². The monoisotopic (exact) mass is 295 g/mol. The molecule has 0 saturated heterocycles. The zero-order chi connectivity index (χ0) is 14.8. The van der Waals surface area contributed by atoms with Crippen molar-refractivity contribution in [3.63, 3.8) is 0 Å². The molecule has 1 aliphatic heterocycles. The van der Waals surface area contributed by atoms with Gasteiger partial charge in [0.05, 0.1) is 0 Å². The van der Waals surface area contributed by atoms with Gasteiger partial charge < -0.3 is 4.55 Å². The number of rotatable bonds is 2. The molecule has 0 amide bonds. The van der Waals surface area contributed by atoms with Crippen LogP contribution < -0.4 is 4.99 Å². The third-order valence-electron chi connectivity index (χ3n) is 1.61. The predicted molar refractivity (Wildman–Crippen MR) is 44.4 cm³/mol. The Kier molecular flexibility index (Phi) is 4.32. The first-order valence-electron chi connectivity index (χ1n) is 3.73. The highest BCUT2D eigenvalue weighted by molar-refractivity contribution is 7.86. The van der Waals surface area contributed by atoms with Crippen molar-refractivity contribution in [2.75, 3.05) is 6.54 Å². The van der Waals surface area contributed by atoms with Gasteiger partial charge in [-0.3, -0.25) is 20.2 Å². The van der Waals surface area contributed by atoms with E-state index in [1.807, 2.05) is 0 Å². The third-order valence-corrected chi connectivity index (χ3v) is 2.18. The van der Waals surface area contributed by atoms with E-state index in [0.717, 1.165) is 6.21 Å². The van der Waals surface area contributed by atoms with Gasteiger partial charge in [0.15, 0.2) is 10.1 Å². The fraction of sp³-hybridized carbons (Fsp3) is 0.750. The lowest BCUT2D eigenvalue weighted by molar-refractivity contribution is -0.823. The quantitative estimate of drug-likeness (QED) is 0.193. The predicted octanol–water partition coefficient (Wildman–Crippen LogP) is -2.55. The Morgan fingerprint density at radius 1 is 1.22 bits per heavy atom. The number of halogens is 3. The number of nitrogens with zero attached hydrogens (tertiary/aromatic N) is 2. The number of nitrogens with one attached hydrogen (secondary N) is 1. The first-order chi connectivity index (χ1) is 7.84. The number of nitro groups is 2. The Bertz CT molecular complexity index is 469. The molecule has 10 nitrogen and oxygen atoms in total. The lowest BCUT2D eigenvalue weighted by atomic mass is 10.1. The molecule has 0 radical (unpaired) electrons. The first kappa shape index (κ1) is 16.2. The van der Waals surface area contributed by atoms with Gasteiger partial charge >= 0.3 is 17.4 Å². The molecule has 104 valence electrons. The van der Waals surface area contributed by atoms with Gasteiger partial charge in [-0.15, -0.1) is 0 Å². The summed E-state index contributed by atoms with van der Waals surface area (Å²) in [7, 11) is -6.09. The Balaban J connectivity index is 0.000000331. The smallest absolute Gasteiger partial charge is 0.588 e. The maximum atomic E-state index is 10.7. The van der Waals surface area contributed by atoms with Crippen molar-refractivity contribution in [2.45, 2.75) is 11.2 Å². The van der Waals surface area contributed by atoms with Gasteiger partial charge in [-0.2, -0.15) is 13.2 Å².